The zero-order valence-corrected chi connectivity index (χ0v) is 32.4. The lowest BCUT2D eigenvalue weighted by Crippen LogP contribution is -2.57. The van der Waals surface area contributed by atoms with Crippen LogP contribution in [0.15, 0.2) is 151 Å². The largest absolute Gasteiger partial charge is 0.455 e. The molecule has 59 heavy (non-hydrogen) atoms. The lowest BCUT2D eigenvalue weighted by molar-refractivity contribution is 0.591. The summed E-state index contributed by atoms with van der Waals surface area (Å²) in [4.78, 5) is 0. The molecule has 4 nitrogen and oxygen atoms in total. The van der Waals surface area contributed by atoms with Gasteiger partial charge in [0.2, 0.25) is 6.71 Å². The highest BCUT2D eigenvalue weighted by atomic mass is 16.4. The van der Waals surface area contributed by atoms with Crippen molar-refractivity contribution in [1.82, 2.24) is 0 Å². The Balaban J connectivity index is 1.24. The van der Waals surface area contributed by atoms with E-state index in [0.29, 0.717) is 0 Å². The predicted molar refractivity (Wildman–Crippen MR) is 245 cm³/mol. The highest BCUT2D eigenvalue weighted by Gasteiger charge is 2.42. The van der Waals surface area contributed by atoms with Crippen LogP contribution in [0.5, 0.6) is 0 Å². The van der Waals surface area contributed by atoms with Crippen LogP contribution in [0.1, 0.15) is 26.3 Å². The second-order valence-electron chi connectivity index (χ2n) is 17.8. The first-order chi connectivity index (χ1) is 28.9. The zero-order valence-electron chi connectivity index (χ0n) is 32.4. The van der Waals surface area contributed by atoms with Crippen molar-refractivity contribution in [3.63, 3.8) is 0 Å². The fourth-order valence-electron chi connectivity index (χ4n) is 11.2. The molecule has 2 aliphatic heterocycles. The van der Waals surface area contributed by atoms with Gasteiger partial charge in [-0.25, -0.2) is 0 Å². The van der Waals surface area contributed by atoms with E-state index >= 15 is 0 Å². The van der Waals surface area contributed by atoms with Gasteiger partial charge in [-0.15, -0.1) is 0 Å². The molecule has 2 aliphatic rings. The van der Waals surface area contributed by atoms with Crippen LogP contribution in [0.25, 0.3) is 132 Å². The Kier molecular flexibility index (Phi) is 5.26. The summed E-state index contributed by atoms with van der Waals surface area (Å²) >= 11 is 0. The fraction of sp³-hybridized carbons (Fsp3) is 0.0741. The Labute approximate surface area is 336 Å². The van der Waals surface area contributed by atoms with Gasteiger partial charge in [0.1, 0.15) is 44.7 Å². The van der Waals surface area contributed by atoms with E-state index in [1.54, 1.807) is 0 Å². The first-order valence-corrected chi connectivity index (χ1v) is 20.5. The molecule has 0 amide bonds. The van der Waals surface area contributed by atoms with Crippen molar-refractivity contribution in [2.75, 3.05) is 0 Å². The molecule has 0 bridgehead atoms. The SMILES string of the molecule is CC(C)(C)c1cc2c3c(c1)-c1cc4c5ccccc5oc4c4c1c(cc1c5ccccc5oc14)B3c1cc3c4ccccc4oc3c3c1c-2cc1c2ccccc2oc13. The maximum atomic E-state index is 6.92. The molecule has 6 heterocycles. The predicted octanol–water partition coefficient (Wildman–Crippen LogP) is 13.4. The number of hydrogen-bond donors (Lipinski definition) is 0. The molecule has 0 N–H and O–H groups in total. The van der Waals surface area contributed by atoms with Gasteiger partial charge in [-0.2, -0.15) is 0 Å². The van der Waals surface area contributed by atoms with Gasteiger partial charge >= 0.3 is 0 Å². The normalized spacial score (nSPS) is 13.6. The third kappa shape index (κ3) is 3.61. The lowest BCUT2D eigenvalue weighted by Gasteiger charge is -2.36. The summed E-state index contributed by atoms with van der Waals surface area (Å²) < 4.78 is 27.7. The Hall–Kier alpha value is -7.24. The third-order valence-corrected chi connectivity index (χ3v) is 13.8. The van der Waals surface area contributed by atoms with Crippen molar-refractivity contribution in [2.24, 2.45) is 0 Å². The van der Waals surface area contributed by atoms with Crippen molar-refractivity contribution in [3.8, 4) is 22.3 Å². The van der Waals surface area contributed by atoms with E-state index in [9.17, 15) is 0 Å². The van der Waals surface area contributed by atoms with E-state index in [1.807, 2.05) is 0 Å². The second kappa shape index (κ2) is 10.1. The number of benzene rings is 9. The van der Waals surface area contributed by atoms with Crippen LogP contribution in [-0.2, 0) is 5.41 Å². The van der Waals surface area contributed by atoms with Crippen LogP contribution in [0.4, 0.5) is 0 Å². The summed E-state index contributed by atoms with van der Waals surface area (Å²) in [5, 5.41) is 13.3. The minimum atomic E-state index is -0.121. The standard InChI is InChI=1S/C54H31BO4/c1-54(2,3)26-20-33-31-22-35-27-12-4-8-16-41(27)56-50(35)47-45(31)39(24-37-29-14-6-10-18-43(29)58-52(37)47)55-40-25-38-30-15-7-11-19-44(30)59-53(38)48-46(40)32(34(21-26)49(33)55)23-36-28-13-5-9-17-42(28)57-51(36)48/h4-25H,1-3H3. The lowest BCUT2D eigenvalue weighted by atomic mass is 9.30. The quantitative estimate of drug-likeness (QED) is 0.145. The minimum Gasteiger partial charge on any atom is -0.455 e. The smallest absolute Gasteiger partial charge is 0.244 e. The number of rotatable bonds is 0. The average Bonchev–Trinajstić information content (AvgIpc) is 4.02. The molecule has 15 rings (SSSR count). The molecule has 0 fully saturated rings. The number of hydrogen-bond acceptors (Lipinski definition) is 4. The van der Waals surface area contributed by atoms with Gasteiger partial charge in [0, 0.05) is 43.1 Å². The van der Waals surface area contributed by atoms with E-state index in [2.05, 4.69) is 154 Å². The molecule has 9 aromatic carbocycles. The number of para-hydroxylation sites is 4. The van der Waals surface area contributed by atoms with Crippen molar-refractivity contribution in [1.29, 1.82) is 0 Å². The van der Waals surface area contributed by atoms with Crippen molar-refractivity contribution in [3.05, 3.63) is 139 Å². The van der Waals surface area contributed by atoms with Gasteiger partial charge in [-0.3, -0.25) is 0 Å². The zero-order chi connectivity index (χ0) is 38.6. The Morgan fingerprint density at radius 1 is 0.356 bits per heavy atom. The molecule has 0 saturated heterocycles. The van der Waals surface area contributed by atoms with Gasteiger partial charge in [0.05, 0.1) is 10.8 Å². The summed E-state index contributed by atoms with van der Waals surface area (Å²) in [6, 6.07) is 48.4. The molecule has 0 aliphatic carbocycles. The van der Waals surface area contributed by atoms with E-state index in [0.717, 1.165) is 98.5 Å². The van der Waals surface area contributed by atoms with Crippen LogP contribution in [0, 0.1) is 0 Å². The van der Waals surface area contributed by atoms with Crippen LogP contribution >= 0.6 is 0 Å². The van der Waals surface area contributed by atoms with Gasteiger partial charge < -0.3 is 17.7 Å². The van der Waals surface area contributed by atoms with Gasteiger partial charge in [0.15, 0.2) is 0 Å². The summed E-state index contributed by atoms with van der Waals surface area (Å²) in [6.07, 6.45) is 0. The fourth-order valence-corrected chi connectivity index (χ4v) is 11.2. The molecule has 5 heteroatoms. The maximum Gasteiger partial charge on any atom is 0.244 e. The second-order valence-corrected chi connectivity index (χ2v) is 17.8. The molecular weight excluding hydrogens is 723 g/mol. The molecule has 13 aromatic rings. The molecule has 0 unspecified atom stereocenters. The first-order valence-electron chi connectivity index (χ1n) is 20.5. The van der Waals surface area contributed by atoms with E-state index in [1.165, 1.54) is 55.0 Å². The summed E-state index contributed by atoms with van der Waals surface area (Å²) in [5.74, 6) is 0. The summed E-state index contributed by atoms with van der Waals surface area (Å²) in [6.45, 7) is 6.88. The maximum absolute atomic E-state index is 6.92. The molecule has 274 valence electrons. The van der Waals surface area contributed by atoms with Crippen LogP contribution < -0.4 is 16.4 Å². The molecular formula is C54H31BO4. The number of furan rings is 4. The van der Waals surface area contributed by atoms with Gasteiger partial charge in [-0.1, -0.05) is 134 Å². The monoisotopic (exact) mass is 754 g/mol. The Morgan fingerprint density at radius 3 is 1.05 bits per heavy atom. The van der Waals surface area contributed by atoms with Crippen molar-refractivity contribution < 1.29 is 17.7 Å². The Bertz CT molecular complexity index is 3850. The molecule has 0 saturated carbocycles. The van der Waals surface area contributed by atoms with Crippen LogP contribution in [0.2, 0.25) is 0 Å². The summed E-state index contributed by atoms with van der Waals surface area (Å²) in [5.41, 5.74) is 17.0. The Morgan fingerprint density at radius 2 is 0.695 bits per heavy atom. The number of fused-ring (bicyclic) bond motifs is 20. The highest BCUT2D eigenvalue weighted by molar-refractivity contribution is 7.02. The van der Waals surface area contributed by atoms with Gasteiger partial charge in [0.25, 0.3) is 0 Å². The average molecular weight is 755 g/mol. The highest BCUT2D eigenvalue weighted by Crippen LogP contribution is 2.50. The summed E-state index contributed by atoms with van der Waals surface area (Å²) in [7, 11) is 0. The minimum absolute atomic E-state index is 0.0983. The van der Waals surface area contributed by atoms with E-state index in [4.69, 9.17) is 17.7 Å². The van der Waals surface area contributed by atoms with E-state index < -0.39 is 0 Å². The first kappa shape index (κ1) is 30.8. The van der Waals surface area contributed by atoms with Gasteiger partial charge in [-0.05, 0) is 80.4 Å². The molecule has 0 spiro atoms. The topological polar surface area (TPSA) is 52.6 Å². The van der Waals surface area contributed by atoms with Crippen molar-refractivity contribution >= 4 is 132 Å². The van der Waals surface area contributed by atoms with Crippen molar-refractivity contribution in [2.45, 2.75) is 26.2 Å². The molecule has 0 radical (unpaired) electrons. The van der Waals surface area contributed by atoms with Crippen LogP contribution in [-0.4, -0.2) is 6.71 Å². The van der Waals surface area contributed by atoms with Crippen LogP contribution in [0.3, 0.4) is 0 Å². The third-order valence-electron chi connectivity index (χ3n) is 13.8. The molecule has 4 aromatic heterocycles. The molecule has 0 atom stereocenters. The van der Waals surface area contributed by atoms with E-state index in [-0.39, 0.29) is 12.1 Å².